The number of hydrogen-bond acceptors (Lipinski definition) is 6. The van der Waals surface area contributed by atoms with Gasteiger partial charge in [0.2, 0.25) is 5.88 Å². The molecule has 0 aliphatic carbocycles. The Balaban J connectivity index is 1.69. The van der Waals surface area contributed by atoms with Crippen molar-refractivity contribution in [3.8, 4) is 17.0 Å². The lowest BCUT2D eigenvalue weighted by atomic mass is 10.1. The summed E-state index contributed by atoms with van der Waals surface area (Å²) < 4.78 is 7.24. The van der Waals surface area contributed by atoms with Gasteiger partial charge in [0, 0.05) is 41.3 Å². The molecule has 7 nitrogen and oxygen atoms in total. The number of rotatable bonds is 5. The maximum atomic E-state index is 5.31. The highest BCUT2D eigenvalue weighted by Crippen LogP contribution is 2.28. The Morgan fingerprint density at radius 1 is 1.04 bits per heavy atom. The van der Waals surface area contributed by atoms with Crippen molar-refractivity contribution < 1.29 is 4.74 Å². The van der Waals surface area contributed by atoms with Crippen molar-refractivity contribution in [2.75, 3.05) is 12.4 Å². The van der Waals surface area contributed by atoms with E-state index >= 15 is 0 Å². The molecular weight excluding hydrogens is 328 g/mol. The molecule has 0 unspecified atom stereocenters. The number of ether oxygens (including phenoxy) is 1. The minimum Gasteiger partial charge on any atom is -0.481 e. The van der Waals surface area contributed by atoms with Gasteiger partial charge >= 0.3 is 0 Å². The molecule has 0 aromatic carbocycles. The summed E-state index contributed by atoms with van der Waals surface area (Å²) in [7, 11) is 1.62. The fourth-order valence-corrected chi connectivity index (χ4v) is 2.96. The normalized spacial score (nSPS) is 10.8. The molecule has 0 radical (unpaired) electrons. The van der Waals surface area contributed by atoms with E-state index in [2.05, 4.69) is 25.5 Å². The summed E-state index contributed by atoms with van der Waals surface area (Å²) in [6.45, 7) is 2.57. The first-order valence-corrected chi connectivity index (χ1v) is 8.24. The summed E-state index contributed by atoms with van der Waals surface area (Å²) in [5.41, 5.74) is 4.76. The first-order chi connectivity index (χ1) is 12.8. The van der Waals surface area contributed by atoms with Crippen molar-refractivity contribution in [2.45, 2.75) is 13.5 Å². The molecule has 0 aliphatic rings. The van der Waals surface area contributed by atoms with Gasteiger partial charge in [-0.15, -0.1) is 10.2 Å². The van der Waals surface area contributed by atoms with Crippen molar-refractivity contribution in [2.24, 2.45) is 0 Å². The van der Waals surface area contributed by atoms with Crippen LogP contribution in [-0.4, -0.2) is 31.7 Å². The molecule has 130 valence electrons. The van der Waals surface area contributed by atoms with E-state index in [1.54, 1.807) is 25.8 Å². The topological polar surface area (TPSA) is 77.2 Å². The van der Waals surface area contributed by atoms with Gasteiger partial charge in [-0.1, -0.05) is 12.1 Å². The van der Waals surface area contributed by atoms with Gasteiger partial charge in [-0.2, -0.15) is 0 Å². The van der Waals surface area contributed by atoms with Gasteiger partial charge in [0.1, 0.15) is 12.1 Å². The van der Waals surface area contributed by atoms with E-state index in [4.69, 9.17) is 4.74 Å². The van der Waals surface area contributed by atoms with Crippen LogP contribution in [-0.2, 0) is 6.54 Å². The number of nitrogens with one attached hydrogen (secondary N) is 1. The largest absolute Gasteiger partial charge is 0.481 e. The zero-order chi connectivity index (χ0) is 17.9. The van der Waals surface area contributed by atoms with Crippen LogP contribution in [0.4, 0.5) is 5.82 Å². The third-order valence-electron chi connectivity index (χ3n) is 4.26. The van der Waals surface area contributed by atoms with Crippen LogP contribution in [0.1, 0.15) is 11.3 Å². The Bertz CT molecular complexity index is 1060. The van der Waals surface area contributed by atoms with Crippen LogP contribution in [0, 0.1) is 6.92 Å². The fourth-order valence-electron chi connectivity index (χ4n) is 2.96. The molecule has 0 fully saturated rings. The number of methoxy groups -OCH3 is 1. The predicted octanol–water partition coefficient (Wildman–Crippen LogP) is 3.12. The Labute approximate surface area is 150 Å². The van der Waals surface area contributed by atoms with Gasteiger partial charge in [0.15, 0.2) is 5.65 Å². The number of fused-ring (bicyclic) bond motifs is 1. The number of anilines is 1. The standard InChI is InChI=1S/C19H18N6O/c1-13-15(6-4-9-20-13)16-7-8-17(25-12-23-24-18(16)25)22-11-14-5-3-10-21-19(14)26-2/h3-10,12,22H,11H2,1-2H3. The first-order valence-electron chi connectivity index (χ1n) is 8.24. The molecule has 4 rings (SSSR count). The molecule has 0 aliphatic heterocycles. The van der Waals surface area contributed by atoms with E-state index in [1.165, 1.54) is 0 Å². The maximum Gasteiger partial charge on any atom is 0.218 e. The van der Waals surface area contributed by atoms with Crippen LogP contribution in [0.5, 0.6) is 5.88 Å². The van der Waals surface area contributed by atoms with E-state index in [0.29, 0.717) is 12.4 Å². The highest BCUT2D eigenvalue weighted by atomic mass is 16.5. The Morgan fingerprint density at radius 3 is 2.73 bits per heavy atom. The fraction of sp³-hybridized carbons (Fsp3) is 0.158. The Kier molecular flexibility index (Phi) is 4.18. The number of aromatic nitrogens is 5. The Hall–Kier alpha value is -3.48. The summed E-state index contributed by atoms with van der Waals surface area (Å²) in [6, 6.07) is 11.9. The molecular formula is C19H18N6O. The zero-order valence-electron chi connectivity index (χ0n) is 14.5. The van der Waals surface area contributed by atoms with Gasteiger partial charge in [-0.3, -0.25) is 9.38 Å². The molecule has 0 atom stereocenters. The summed E-state index contributed by atoms with van der Waals surface area (Å²) in [5, 5.41) is 11.8. The molecule has 0 saturated heterocycles. The van der Waals surface area contributed by atoms with Crippen molar-refractivity contribution in [1.29, 1.82) is 0 Å². The highest BCUT2D eigenvalue weighted by molar-refractivity contribution is 5.80. The third-order valence-corrected chi connectivity index (χ3v) is 4.26. The van der Waals surface area contributed by atoms with E-state index in [9.17, 15) is 0 Å². The second-order valence-corrected chi connectivity index (χ2v) is 5.82. The van der Waals surface area contributed by atoms with Crippen LogP contribution >= 0.6 is 0 Å². The van der Waals surface area contributed by atoms with Gasteiger partial charge in [-0.25, -0.2) is 4.98 Å². The van der Waals surface area contributed by atoms with Gasteiger partial charge in [0.05, 0.1) is 7.11 Å². The lowest BCUT2D eigenvalue weighted by molar-refractivity contribution is 0.393. The summed E-state index contributed by atoms with van der Waals surface area (Å²) in [5.74, 6) is 1.50. The summed E-state index contributed by atoms with van der Waals surface area (Å²) in [6.07, 6.45) is 5.20. The second kappa shape index (κ2) is 6.79. The predicted molar refractivity (Wildman–Crippen MR) is 99.1 cm³/mol. The highest BCUT2D eigenvalue weighted by Gasteiger charge is 2.12. The average Bonchev–Trinajstić information content (AvgIpc) is 3.17. The molecule has 0 amide bonds. The van der Waals surface area contributed by atoms with Crippen LogP contribution in [0.2, 0.25) is 0 Å². The number of aryl methyl sites for hydroxylation is 1. The quantitative estimate of drug-likeness (QED) is 0.598. The molecule has 4 aromatic heterocycles. The van der Waals surface area contributed by atoms with E-state index < -0.39 is 0 Å². The molecule has 7 heteroatoms. The summed E-state index contributed by atoms with van der Waals surface area (Å²) in [4.78, 5) is 8.59. The first kappa shape index (κ1) is 16.0. The molecule has 4 aromatic rings. The lowest BCUT2D eigenvalue weighted by Gasteiger charge is -2.13. The maximum absolute atomic E-state index is 5.31. The van der Waals surface area contributed by atoms with Gasteiger partial charge in [-0.05, 0) is 31.2 Å². The lowest BCUT2D eigenvalue weighted by Crippen LogP contribution is -2.06. The van der Waals surface area contributed by atoms with Crippen LogP contribution in [0.15, 0.2) is 55.1 Å². The molecule has 4 heterocycles. The SMILES string of the molecule is COc1ncccc1CNc1ccc(-c2cccnc2C)c2nncn12. The smallest absolute Gasteiger partial charge is 0.218 e. The van der Waals surface area contributed by atoms with Crippen molar-refractivity contribution >= 4 is 11.5 Å². The minimum atomic E-state index is 0.579. The molecule has 0 bridgehead atoms. The minimum absolute atomic E-state index is 0.579. The third kappa shape index (κ3) is 2.83. The molecule has 0 spiro atoms. The molecule has 1 N–H and O–H groups in total. The zero-order valence-corrected chi connectivity index (χ0v) is 14.5. The number of pyridine rings is 3. The van der Waals surface area contributed by atoms with Crippen LogP contribution in [0.25, 0.3) is 16.8 Å². The monoisotopic (exact) mass is 346 g/mol. The summed E-state index contributed by atoms with van der Waals surface area (Å²) >= 11 is 0. The number of hydrogen-bond donors (Lipinski definition) is 1. The van der Waals surface area contributed by atoms with Crippen molar-refractivity contribution in [3.05, 3.63) is 66.4 Å². The van der Waals surface area contributed by atoms with E-state index in [0.717, 1.165) is 33.8 Å². The van der Waals surface area contributed by atoms with Gasteiger partial charge in [0.25, 0.3) is 0 Å². The second-order valence-electron chi connectivity index (χ2n) is 5.82. The number of nitrogens with zero attached hydrogens (tertiary/aromatic N) is 5. The van der Waals surface area contributed by atoms with E-state index in [-0.39, 0.29) is 0 Å². The van der Waals surface area contributed by atoms with Crippen LogP contribution in [0.3, 0.4) is 0 Å². The van der Waals surface area contributed by atoms with Gasteiger partial charge < -0.3 is 10.1 Å². The van der Waals surface area contributed by atoms with E-state index in [1.807, 2.05) is 47.7 Å². The average molecular weight is 346 g/mol. The molecule has 26 heavy (non-hydrogen) atoms. The van der Waals surface area contributed by atoms with Crippen molar-refractivity contribution in [3.63, 3.8) is 0 Å². The van der Waals surface area contributed by atoms with Crippen molar-refractivity contribution in [1.82, 2.24) is 24.6 Å². The molecule has 0 saturated carbocycles. The van der Waals surface area contributed by atoms with Crippen LogP contribution < -0.4 is 10.1 Å². The Morgan fingerprint density at radius 2 is 1.88 bits per heavy atom.